The lowest BCUT2D eigenvalue weighted by atomic mass is 10.1. The van der Waals surface area contributed by atoms with Crippen molar-refractivity contribution < 1.29 is 17.9 Å². The van der Waals surface area contributed by atoms with Gasteiger partial charge < -0.3 is 10.1 Å². The van der Waals surface area contributed by atoms with Gasteiger partial charge in [0.2, 0.25) is 10.0 Å². The molecule has 0 saturated carbocycles. The lowest BCUT2D eigenvalue weighted by Crippen LogP contribution is -2.30. The number of pyridine rings is 1. The minimum atomic E-state index is -3.88. The number of anilines is 1. The molecule has 176 valence electrons. The number of amides is 1. The van der Waals surface area contributed by atoms with Gasteiger partial charge in [-0.25, -0.2) is 18.1 Å². The first kappa shape index (κ1) is 23.5. The summed E-state index contributed by atoms with van der Waals surface area (Å²) in [5.41, 5.74) is 3.31. The molecular weight excluding hydrogens is 452 g/mol. The van der Waals surface area contributed by atoms with Crippen molar-refractivity contribution in [2.75, 3.05) is 12.4 Å². The van der Waals surface area contributed by atoms with Crippen LogP contribution in [0.3, 0.4) is 0 Å². The molecule has 4 aromatic rings. The van der Waals surface area contributed by atoms with Crippen LogP contribution >= 0.6 is 0 Å². The van der Waals surface area contributed by atoms with Crippen LogP contribution in [0.5, 0.6) is 5.75 Å². The molecule has 0 unspecified atom stereocenters. The monoisotopic (exact) mass is 478 g/mol. The molecule has 0 saturated heterocycles. The van der Waals surface area contributed by atoms with Gasteiger partial charge >= 0.3 is 0 Å². The number of imidazole rings is 1. The molecule has 0 aliphatic carbocycles. The van der Waals surface area contributed by atoms with Crippen molar-refractivity contribution in [2.45, 2.75) is 31.7 Å². The number of hydrogen-bond donors (Lipinski definition) is 2. The van der Waals surface area contributed by atoms with Crippen molar-refractivity contribution in [3.8, 4) is 17.0 Å². The van der Waals surface area contributed by atoms with E-state index in [2.05, 4.69) is 10.0 Å². The summed E-state index contributed by atoms with van der Waals surface area (Å²) in [6.45, 7) is 5.40. The number of sulfonamides is 1. The number of nitrogens with zero attached hydrogens (tertiary/aromatic N) is 2. The number of carbonyl (C=O) groups is 1. The maximum Gasteiger partial charge on any atom is 0.256 e. The lowest BCUT2D eigenvalue weighted by molar-refractivity contribution is 0.102. The summed E-state index contributed by atoms with van der Waals surface area (Å²) < 4.78 is 35.2. The number of ether oxygens (including phenoxy) is 1. The van der Waals surface area contributed by atoms with E-state index in [0.717, 1.165) is 11.1 Å². The van der Waals surface area contributed by atoms with Crippen LogP contribution in [0, 0.1) is 6.92 Å². The van der Waals surface area contributed by atoms with Crippen LogP contribution < -0.4 is 14.8 Å². The Morgan fingerprint density at radius 2 is 1.79 bits per heavy atom. The average Bonchev–Trinajstić information content (AvgIpc) is 3.15. The molecule has 0 radical (unpaired) electrons. The van der Waals surface area contributed by atoms with Crippen molar-refractivity contribution in [1.82, 2.24) is 14.1 Å². The van der Waals surface area contributed by atoms with Gasteiger partial charge in [-0.2, -0.15) is 0 Å². The highest BCUT2D eigenvalue weighted by Gasteiger charge is 2.24. The SMILES string of the molecule is COc1ccc(C(=O)Nc2c(-c3ccccc3)nc3ccc(C)cn23)cc1S(=O)(=O)NC(C)C. The largest absolute Gasteiger partial charge is 0.495 e. The first-order valence-electron chi connectivity index (χ1n) is 10.8. The molecule has 2 N–H and O–H groups in total. The number of nitrogens with one attached hydrogen (secondary N) is 2. The van der Waals surface area contributed by atoms with Gasteiger partial charge in [-0.3, -0.25) is 9.20 Å². The Bertz CT molecular complexity index is 1460. The van der Waals surface area contributed by atoms with Crippen LogP contribution in [0.15, 0.2) is 71.8 Å². The third kappa shape index (κ3) is 4.66. The molecule has 0 spiro atoms. The molecule has 0 atom stereocenters. The van der Waals surface area contributed by atoms with Gasteiger partial charge in [0.05, 0.1) is 7.11 Å². The molecule has 0 fully saturated rings. The third-order valence-electron chi connectivity index (χ3n) is 5.15. The van der Waals surface area contributed by atoms with Crippen molar-refractivity contribution in [1.29, 1.82) is 0 Å². The Morgan fingerprint density at radius 1 is 1.06 bits per heavy atom. The van der Waals surface area contributed by atoms with Crippen LogP contribution in [0.4, 0.5) is 5.82 Å². The van der Waals surface area contributed by atoms with Crippen LogP contribution in [0.2, 0.25) is 0 Å². The quantitative estimate of drug-likeness (QED) is 0.413. The zero-order valence-electron chi connectivity index (χ0n) is 19.4. The Hall–Kier alpha value is -3.69. The lowest BCUT2D eigenvalue weighted by Gasteiger charge is -2.14. The van der Waals surface area contributed by atoms with Crippen LogP contribution in [0.1, 0.15) is 29.8 Å². The molecule has 1 amide bonds. The molecule has 2 aromatic carbocycles. The molecule has 0 bridgehead atoms. The van der Waals surface area contributed by atoms with E-state index in [0.29, 0.717) is 17.2 Å². The molecular formula is C25H26N4O4S. The van der Waals surface area contributed by atoms with Crippen molar-refractivity contribution in [3.63, 3.8) is 0 Å². The van der Waals surface area contributed by atoms with Gasteiger partial charge in [-0.05, 0) is 50.6 Å². The second-order valence-electron chi connectivity index (χ2n) is 8.21. The second kappa shape index (κ2) is 9.28. The van der Waals surface area contributed by atoms with Gasteiger partial charge in [-0.15, -0.1) is 0 Å². The predicted octanol–water partition coefficient (Wildman–Crippen LogP) is 4.26. The fourth-order valence-corrected chi connectivity index (χ4v) is 5.09. The Labute approximate surface area is 198 Å². The number of fused-ring (bicyclic) bond motifs is 1. The normalized spacial score (nSPS) is 11.7. The highest BCUT2D eigenvalue weighted by Crippen LogP contribution is 2.30. The van der Waals surface area contributed by atoms with Crippen LogP contribution in [0.25, 0.3) is 16.9 Å². The Morgan fingerprint density at radius 3 is 2.47 bits per heavy atom. The summed E-state index contributed by atoms with van der Waals surface area (Å²) in [6.07, 6.45) is 1.89. The van der Waals surface area contributed by atoms with Crippen molar-refractivity contribution >= 4 is 27.4 Å². The standard InChI is InChI=1S/C25H26N4O4S/c1-16(2)28-34(31,32)21-14-19(11-12-20(21)33-4)25(30)27-24-23(18-8-6-5-7-9-18)26-22-13-10-17(3)15-29(22)24/h5-16,28H,1-4H3,(H,27,30). The third-order valence-corrected chi connectivity index (χ3v) is 6.83. The first-order chi connectivity index (χ1) is 16.2. The number of methoxy groups -OCH3 is 1. The Balaban J connectivity index is 1.78. The number of aryl methyl sites for hydroxylation is 1. The number of benzene rings is 2. The molecule has 8 nitrogen and oxygen atoms in total. The molecule has 0 aliphatic heterocycles. The summed E-state index contributed by atoms with van der Waals surface area (Å²) in [5, 5.41) is 2.94. The maximum atomic E-state index is 13.3. The van der Waals surface area contributed by atoms with Crippen LogP contribution in [-0.4, -0.2) is 36.9 Å². The molecule has 2 heterocycles. The van der Waals surface area contributed by atoms with E-state index in [1.165, 1.54) is 25.3 Å². The summed E-state index contributed by atoms with van der Waals surface area (Å²) >= 11 is 0. The van der Waals surface area contributed by atoms with E-state index in [1.54, 1.807) is 13.8 Å². The van der Waals surface area contributed by atoms with E-state index in [4.69, 9.17) is 9.72 Å². The van der Waals surface area contributed by atoms with Gasteiger partial charge in [0.15, 0.2) is 0 Å². The topological polar surface area (TPSA) is 102 Å². The molecule has 9 heteroatoms. The minimum Gasteiger partial charge on any atom is -0.495 e. The zero-order chi connectivity index (χ0) is 24.5. The van der Waals surface area contributed by atoms with Crippen molar-refractivity contribution in [3.05, 3.63) is 78.0 Å². The predicted molar refractivity (Wildman–Crippen MR) is 132 cm³/mol. The first-order valence-corrected chi connectivity index (χ1v) is 12.2. The summed E-state index contributed by atoms with van der Waals surface area (Å²) in [6, 6.07) is 17.4. The fourth-order valence-electron chi connectivity index (χ4n) is 3.65. The van der Waals surface area contributed by atoms with Gasteiger partial charge in [0, 0.05) is 23.4 Å². The zero-order valence-corrected chi connectivity index (χ0v) is 20.2. The van der Waals surface area contributed by atoms with Gasteiger partial charge in [0.1, 0.15) is 27.8 Å². The van der Waals surface area contributed by atoms with E-state index >= 15 is 0 Å². The molecule has 34 heavy (non-hydrogen) atoms. The van der Waals surface area contributed by atoms with E-state index < -0.39 is 15.9 Å². The molecule has 4 rings (SSSR count). The van der Waals surface area contributed by atoms with Gasteiger partial charge in [0.25, 0.3) is 5.91 Å². The Kier molecular flexibility index (Phi) is 6.41. The smallest absolute Gasteiger partial charge is 0.256 e. The minimum absolute atomic E-state index is 0.103. The van der Waals surface area contributed by atoms with E-state index in [-0.39, 0.29) is 22.3 Å². The highest BCUT2D eigenvalue weighted by molar-refractivity contribution is 7.89. The van der Waals surface area contributed by atoms with Crippen molar-refractivity contribution in [2.24, 2.45) is 0 Å². The summed E-state index contributed by atoms with van der Waals surface area (Å²) in [4.78, 5) is 17.9. The molecule has 0 aliphatic rings. The summed E-state index contributed by atoms with van der Waals surface area (Å²) in [7, 11) is -2.50. The number of carbonyl (C=O) groups excluding carboxylic acids is 1. The van der Waals surface area contributed by atoms with E-state index in [1.807, 2.05) is 60.0 Å². The average molecular weight is 479 g/mol. The van der Waals surface area contributed by atoms with Gasteiger partial charge in [-0.1, -0.05) is 36.4 Å². The second-order valence-corrected chi connectivity index (χ2v) is 9.89. The van der Waals surface area contributed by atoms with Crippen LogP contribution in [-0.2, 0) is 10.0 Å². The summed E-state index contributed by atoms with van der Waals surface area (Å²) in [5.74, 6) is 0.180. The number of hydrogen-bond acceptors (Lipinski definition) is 5. The fraction of sp³-hybridized carbons (Fsp3) is 0.200. The van der Waals surface area contributed by atoms with E-state index in [9.17, 15) is 13.2 Å². The number of aromatic nitrogens is 2. The maximum absolute atomic E-state index is 13.3. The highest BCUT2D eigenvalue weighted by atomic mass is 32.2. The number of rotatable bonds is 7. The molecule has 2 aromatic heterocycles.